The molecule has 5 heteroatoms. The first kappa shape index (κ1) is 14.6. The number of rotatable bonds is 3. The van der Waals surface area contributed by atoms with E-state index < -0.39 is 0 Å². The molecule has 2 heterocycles. The summed E-state index contributed by atoms with van der Waals surface area (Å²) in [5.74, 6) is 2.50. The fraction of sp³-hybridized carbons (Fsp3) is 0.526. The van der Waals surface area contributed by atoms with E-state index in [1.807, 2.05) is 17.5 Å². The summed E-state index contributed by atoms with van der Waals surface area (Å²) in [4.78, 5) is 21.5. The van der Waals surface area contributed by atoms with E-state index in [1.54, 1.807) is 12.4 Å². The molecule has 2 aromatic heterocycles. The molecule has 1 N–H and O–H groups in total. The monoisotopic (exact) mass is 339 g/mol. The maximum atomic E-state index is 12.8. The van der Waals surface area contributed by atoms with Crippen molar-refractivity contribution < 1.29 is 4.79 Å². The number of aromatic nitrogens is 2. The summed E-state index contributed by atoms with van der Waals surface area (Å²) in [6, 6.07) is 3.87. The Balaban J connectivity index is 1.35. The number of carbonyl (C=O) groups excluding carboxylic acids is 1. The maximum absolute atomic E-state index is 12.8. The Kier molecular flexibility index (Phi) is 3.27. The van der Waals surface area contributed by atoms with Gasteiger partial charge in [0.1, 0.15) is 10.7 Å². The molecule has 4 aliphatic carbocycles. The second kappa shape index (κ2) is 5.38. The van der Waals surface area contributed by atoms with Gasteiger partial charge in [-0.1, -0.05) is 0 Å². The highest BCUT2D eigenvalue weighted by atomic mass is 32.1. The van der Waals surface area contributed by atoms with Crippen LogP contribution in [0.15, 0.2) is 29.9 Å². The topological polar surface area (TPSA) is 54.9 Å². The molecule has 1 amide bonds. The molecule has 4 bridgehead atoms. The SMILES string of the molecule is O=C(NC12CC3CC(CC(C3)C1)C2)c1csc(-c2cccnc2)n1. The third kappa shape index (κ3) is 2.46. The molecule has 6 rings (SSSR count). The van der Waals surface area contributed by atoms with Crippen LogP contribution in [0.1, 0.15) is 49.0 Å². The Morgan fingerprint density at radius 3 is 2.50 bits per heavy atom. The molecular formula is C19H21N3OS. The van der Waals surface area contributed by atoms with Gasteiger partial charge < -0.3 is 5.32 Å². The smallest absolute Gasteiger partial charge is 0.271 e. The largest absolute Gasteiger partial charge is 0.345 e. The standard InChI is InChI=1S/C19H21N3OS/c23-17(16-11-24-18(21-16)15-2-1-3-20-10-15)22-19-7-12-4-13(8-19)6-14(5-12)9-19/h1-3,10-14H,4-9H2,(H,22,23). The number of amides is 1. The lowest BCUT2D eigenvalue weighted by Gasteiger charge is -2.56. The third-order valence-electron chi connectivity index (χ3n) is 6.06. The van der Waals surface area contributed by atoms with Gasteiger partial charge in [-0.15, -0.1) is 11.3 Å². The Morgan fingerprint density at radius 1 is 1.17 bits per heavy atom. The van der Waals surface area contributed by atoms with Crippen molar-refractivity contribution in [3.05, 3.63) is 35.6 Å². The van der Waals surface area contributed by atoms with Crippen LogP contribution >= 0.6 is 11.3 Å². The summed E-state index contributed by atoms with van der Waals surface area (Å²) >= 11 is 1.51. The van der Waals surface area contributed by atoms with Crippen molar-refractivity contribution in [3.63, 3.8) is 0 Å². The Hall–Kier alpha value is -1.75. The first-order chi connectivity index (χ1) is 11.7. The molecule has 0 radical (unpaired) electrons. The van der Waals surface area contributed by atoms with Gasteiger partial charge in [-0.2, -0.15) is 0 Å². The fourth-order valence-corrected chi connectivity index (χ4v) is 6.36. The van der Waals surface area contributed by atoms with Crippen LogP contribution in [0.2, 0.25) is 0 Å². The van der Waals surface area contributed by atoms with E-state index in [9.17, 15) is 4.79 Å². The minimum Gasteiger partial charge on any atom is -0.345 e. The van der Waals surface area contributed by atoms with Crippen molar-refractivity contribution in [2.75, 3.05) is 0 Å². The molecule has 2 aromatic rings. The van der Waals surface area contributed by atoms with Crippen LogP contribution in [-0.2, 0) is 0 Å². The molecule has 24 heavy (non-hydrogen) atoms. The predicted molar refractivity (Wildman–Crippen MR) is 93.7 cm³/mol. The van der Waals surface area contributed by atoms with Gasteiger partial charge in [0.15, 0.2) is 0 Å². The van der Waals surface area contributed by atoms with Crippen LogP contribution in [0, 0.1) is 17.8 Å². The summed E-state index contributed by atoms with van der Waals surface area (Å²) in [5.41, 5.74) is 1.56. The number of hydrogen-bond donors (Lipinski definition) is 1. The zero-order valence-electron chi connectivity index (χ0n) is 13.6. The number of carbonyl (C=O) groups is 1. The minimum atomic E-state index is 0.00309. The minimum absolute atomic E-state index is 0.00309. The van der Waals surface area contributed by atoms with Crippen LogP contribution in [0.5, 0.6) is 0 Å². The second-order valence-electron chi connectivity index (χ2n) is 7.93. The lowest BCUT2D eigenvalue weighted by molar-refractivity contribution is -0.0167. The number of hydrogen-bond acceptors (Lipinski definition) is 4. The molecule has 4 fully saturated rings. The summed E-state index contributed by atoms with van der Waals surface area (Å²) in [6.45, 7) is 0. The van der Waals surface area contributed by atoms with Crippen molar-refractivity contribution in [1.29, 1.82) is 0 Å². The van der Waals surface area contributed by atoms with E-state index in [0.29, 0.717) is 5.69 Å². The molecule has 0 spiro atoms. The van der Waals surface area contributed by atoms with Crippen molar-refractivity contribution in [2.24, 2.45) is 17.8 Å². The quantitative estimate of drug-likeness (QED) is 0.922. The maximum Gasteiger partial charge on any atom is 0.271 e. The molecule has 4 saturated carbocycles. The predicted octanol–water partition coefficient (Wildman–Crippen LogP) is 3.90. The molecule has 4 aliphatic rings. The Morgan fingerprint density at radius 2 is 1.88 bits per heavy atom. The lowest BCUT2D eigenvalue weighted by atomic mass is 9.53. The van der Waals surface area contributed by atoms with Gasteiger partial charge in [-0.25, -0.2) is 4.98 Å². The molecule has 4 nitrogen and oxygen atoms in total. The molecule has 0 aromatic carbocycles. The highest BCUT2D eigenvalue weighted by molar-refractivity contribution is 7.13. The zero-order valence-corrected chi connectivity index (χ0v) is 14.4. The van der Waals surface area contributed by atoms with Crippen molar-refractivity contribution in [1.82, 2.24) is 15.3 Å². The van der Waals surface area contributed by atoms with Gasteiger partial charge in [-0.3, -0.25) is 9.78 Å². The third-order valence-corrected chi connectivity index (χ3v) is 6.95. The fourth-order valence-electron chi connectivity index (χ4n) is 5.57. The molecule has 0 aliphatic heterocycles. The number of thiazole rings is 1. The van der Waals surface area contributed by atoms with Crippen LogP contribution in [0.3, 0.4) is 0 Å². The van der Waals surface area contributed by atoms with E-state index in [-0.39, 0.29) is 11.4 Å². The van der Waals surface area contributed by atoms with E-state index in [1.165, 1.54) is 49.9 Å². The van der Waals surface area contributed by atoms with E-state index in [4.69, 9.17) is 0 Å². The van der Waals surface area contributed by atoms with Gasteiger partial charge in [0.2, 0.25) is 0 Å². The summed E-state index contributed by atoms with van der Waals surface area (Å²) in [6.07, 6.45) is 11.2. The van der Waals surface area contributed by atoms with Gasteiger partial charge >= 0.3 is 0 Å². The van der Waals surface area contributed by atoms with Crippen LogP contribution in [0.4, 0.5) is 0 Å². The first-order valence-corrected chi connectivity index (χ1v) is 9.75. The van der Waals surface area contributed by atoms with Gasteiger partial charge in [0.05, 0.1) is 0 Å². The van der Waals surface area contributed by atoms with Crippen molar-refractivity contribution in [2.45, 2.75) is 44.1 Å². The van der Waals surface area contributed by atoms with Gasteiger partial charge in [-0.05, 0) is 68.4 Å². The van der Waals surface area contributed by atoms with E-state index in [0.717, 1.165) is 28.3 Å². The average Bonchev–Trinajstić information content (AvgIpc) is 3.04. The lowest BCUT2D eigenvalue weighted by Crippen LogP contribution is -2.59. The average molecular weight is 339 g/mol. The number of nitrogens with one attached hydrogen (secondary N) is 1. The van der Waals surface area contributed by atoms with E-state index >= 15 is 0 Å². The Labute approximate surface area is 145 Å². The molecule has 0 unspecified atom stereocenters. The second-order valence-corrected chi connectivity index (χ2v) is 8.79. The van der Waals surface area contributed by atoms with Crippen LogP contribution < -0.4 is 5.32 Å². The van der Waals surface area contributed by atoms with Crippen LogP contribution in [-0.4, -0.2) is 21.4 Å². The van der Waals surface area contributed by atoms with Crippen LogP contribution in [0.25, 0.3) is 10.6 Å². The van der Waals surface area contributed by atoms with Crippen molar-refractivity contribution >= 4 is 17.2 Å². The molecular weight excluding hydrogens is 318 g/mol. The summed E-state index contributed by atoms with van der Waals surface area (Å²) in [7, 11) is 0. The van der Waals surface area contributed by atoms with Crippen molar-refractivity contribution in [3.8, 4) is 10.6 Å². The van der Waals surface area contributed by atoms with Gasteiger partial charge in [0.25, 0.3) is 5.91 Å². The molecule has 0 atom stereocenters. The number of pyridine rings is 1. The highest BCUT2D eigenvalue weighted by Gasteiger charge is 2.51. The van der Waals surface area contributed by atoms with E-state index in [2.05, 4.69) is 15.3 Å². The zero-order chi connectivity index (χ0) is 16.1. The summed E-state index contributed by atoms with van der Waals surface area (Å²) < 4.78 is 0. The highest BCUT2D eigenvalue weighted by Crippen LogP contribution is 2.55. The normalized spacial score (nSPS) is 33.6. The summed E-state index contributed by atoms with van der Waals surface area (Å²) in [5, 5.41) is 6.13. The van der Waals surface area contributed by atoms with Gasteiger partial charge in [0, 0.05) is 28.9 Å². The number of nitrogens with zero attached hydrogens (tertiary/aromatic N) is 2. The Bertz CT molecular complexity index is 735. The molecule has 0 saturated heterocycles. The first-order valence-electron chi connectivity index (χ1n) is 8.88. The molecule has 124 valence electrons.